The summed E-state index contributed by atoms with van der Waals surface area (Å²) < 4.78 is 0. The molecule has 0 saturated heterocycles. The summed E-state index contributed by atoms with van der Waals surface area (Å²) in [6, 6.07) is 8.93. The molecule has 4 heteroatoms. The highest BCUT2D eigenvalue weighted by Gasteiger charge is 2.37. The molecule has 0 spiro atoms. The lowest BCUT2D eigenvalue weighted by Crippen LogP contribution is -2.17. The summed E-state index contributed by atoms with van der Waals surface area (Å²) in [6.45, 7) is 2.12. The third-order valence-corrected chi connectivity index (χ3v) is 3.38. The summed E-state index contributed by atoms with van der Waals surface area (Å²) in [7, 11) is 0. The maximum atomic E-state index is 11.3. The summed E-state index contributed by atoms with van der Waals surface area (Å²) in [5.74, 6) is -0.274. The summed E-state index contributed by atoms with van der Waals surface area (Å²) >= 11 is 0. The molecule has 1 fully saturated rings. The lowest BCUT2D eigenvalue weighted by Gasteiger charge is -2.13. The minimum atomic E-state index is -0.919. The van der Waals surface area contributed by atoms with E-state index in [0.717, 1.165) is 12.8 Å². The lowest BCUT2D eigenvalue weighted by atomic mass is 10.1. The summed E-state index contributed by atoms with van der Waals surface area (Å²) in [6.07, 6.45) is 2.20. The lowest BCUT2D eigenvalue weighted by molar-refractivity contribution is 0.0699. The Labute approximate surface area is 105 Å². The fourth-order valence-electron chi connectivity index (χ4n) is 2.04. The number of nitrogens with zero attached hydrogens (tertiary/aromatic N) is 1. The Kier molecular flexibility index (Phi) is 2.26. The van der Waals surface area contributed by atoms with Crippen LogP contribution in [-0.4, -0.2) is 21.6 Å². The fraction of sp³-hybridized carbons (Fsp3) is 0.286. The van der Waals surface area contributed by atoms with Crippen LogP contribution >= 0.6 is 0 Å². The first-order valence-electron chi connectivity index (χ1n) is 5.99. The normalized spacial score (nSPS) is 16.5. The molecule has 3 rings (SSSR count). The van der Waals surface area contributed by atoms with Crippen molar-refractivity contribution in [3.8, 4) is 0 Å². The molecule has 2 N–H and O–H groups in total. The third kappa shape index (κ3) is 1.90. The van der Waals surface area contributed by atoms with Crippen LogP contribution < -0.4 is 5.32 Å². The number of benzene rings is 1. The number of fused-ring (bicyclic) bond motifs is 1. The van der Waals surface area contributed by atoms with Crippen molar-refractivity contribution >= 4 is 22.7 Å². The van der Waals surface area contributed by atoms with E-state index in [1.807, 2.05) is 18.2 Å². The minimum Gasteiger partial charge on any atom is -0.478 e. The molecule has 92 valence electrons. The van der Waals surface area contributed by atoms with Gasteiger partial charge in [-0.25, -0.2) is 9.78 Å². The summed E-state index contributed by atoms with van der Waals surface area (Å²) in [5, 5.41) is 13.2. The Balaban J connectivity index is 2.13. The van der Waals surface area contributed by atoms with Gasteiger partial charge in [0, 0.05) is 10.9 Å². The zero-order valence-electron chi connectivity index (χ0n) is 10.1. The average molecular weight is 242 g/mol. The van der Waals surface area contributed by atoms with Gasteiger partial charge in [0.2, 0.25) is 0 Å². The molecule has 1 heterocycles. The van der Waals surface area contributed by atoms with Crippen molar-refractivity contribution in [3.63, 3.8) is 0 Å². The van der Waals surface area contributed by atoms with Crippen molar-refractivity contribution in [2.24, 2.45) is 0 Å². The maximum Gasteiger partial charge on any atom is 0.336 e. The number of para-hydroxylation sites is 1. The van der Waals surface area contributed by atoms with Gasteiger partial charge in [0.1, 0.15) is 5.82 Å². The second kappa shape index (κ2) is 3.70. The zero-order chi connectivity index (χ0) is 12.8. The maximum absolute atomic E-state index is 11.3. The number of hydrogen-bond acceptors (Lipinski definition) is 3. The van der Waals surface area contributed by atoms with E-state index in [2.05, 4.69) is 17.2 Å². The predicted molar refractivity (Wildman–Crippen MR) is 70.0 cm³/mol. The van der Waals surface area contributed by atoms with Crippen LogP contribution in [-0.2, 0) is 0 Å². The molecule has 0 radical (unpaired) electrons. The van der Waals surface area contributed by atoms with Crippen LogP contribution in [0.25, 0.3) is 10.9 Å². The van der Waals surface area contributed by atoms with E-state index in [1.54, 1.807) is 12.1 Å². The van der Waals surface area contributed by atoms with Crippen LogP contribution in [0.5, 0.6) is 0 Å². The molecule has 0 aliphatic heterocycles. The van der Waals surface area contributed by atoms with E-state index in [1.165, 1.54) is 0 Å². The van der Waals surface area contributed by atoms with Crippen molar-refractivity contribution < 1.29 is 9.90 Å². The molecule has 18 heavy (non-hydrogen) atoms. The van der Waals surface area contributed by atoms with E-state index in [9.17, 15) is 9.90 Å². The van der Waals surface area contributed by atoms with Gasteiger partial charge < -0.3 is 10.4 Å². The van der Waals surface area contributed by atoms with Crippen molar-refractivity contribution in [3.05, 3.63) is 35.9 Å². The number of anilines is 1. The largest absolute Gasteiger partial charge is 0.478 e. The average Bonchev–Trinajstić information content (AvgIpc) is 3.05. The molecule has 0 amide bonds. The minimum absolute atomic E-state index is 0.0885. The number of carboxylic acids is 1. The van der Waals surface area contributed by atoms with Crippen LogP contribution in [0.15, 0.2) is 30.3 Å². The smallest absolute Gasteiger partial charge is 0.336 e. The Hall–Kier alpha value is -2.10. The Bertz CT molecular complexity index is 633. The molecule has 1 saturated carbocycles. The first kappa shape index (κ1) is 11.0. The third-order valence-electron chi connectivity index (χ3n) is 3.38. The van der Waals surface area contributed by atoms with E-state index < -0.39 is 5.97 Å². The Morgan fingerprint density at radius 2 is 2.11 bits per heavy atom. The standard InChI is InChI=1S/C14H14N2O2/c1-14(6-7-14)16-12-8-10(13(17)18)9-4-2-3-5-11(9)15-12/h2-5,8H,6-7H2,1H3,(H,15,16)(H,17,18). The topological polar surface area (TPSA) is 62.2 Å². The van der Waals surface area contributed by atoms with Gasteiger partial charge >= 0.3 is 5.97 Å². The van der Waals surface area contributed by atoms with E-state index in [-0.39, 0.29) is 5.54 Å². The number of carbonyl (C=O) groups is 1. The number of carboxylic acid groups (broad SMARTS) is 1. The molecule has 0 bridgehead atoms. The zero-order valence-corrected chi connectivity index (χ0v) is 10.1. The first-order chi connectivity index (χ1) is 8.57. The van der Waals surface area contributed by atoms with Gasteiger partial charge in [-0.1, -0.05) is 18.2 Å². The Morgan fingerprint density at radius 1 is 1.39 bits per heavy atom. The molecule has 1 aromatic heterocycles. The highest BCUT2D eigenvalue weighted by molar-refractivity contribution is 6.03. The second-order valence-corrected chi connectivity index (χ2v) is 5.06. The summed E-state index contributed by atoms with van der Waals surface area (Å²) in [4.78, 5) is 15.8. The van der Waals surface area contributed by atoms with Gasteiger partial charge in [0.25, 0.3) is 0 Å². The fourth-order valence-corrected chi connectivity index (χ4v) is 2.04. The van der Waals surface area contributed by atoms with Crippen LogP contribution in [0, 0.1) is 0 Å². The SMILES string of the molecule is CC1(Nc2cc(C(=O)O)c3ccccc3n2)CC1. The Morgan fingerprint density at radius 3 is 2.78 bits per heavy atom. The van der Waals surface area contributed by atoms with Crippen molar-refractivity contribution in [1.82, 2.24) is 4.98 Å². The molecule has 0 unspecified atom stereocenters. The van der Waals surface area contributed by atoms with E-state index in [0.29, 0.717) is 22.3 Å². The molecular weight excluding hydrogens is 228 g/mol. The molecule has 1 aliphatic rings. The van der Waals surface area contributed by atoms with E-state index in [4.69, 9.17) is 0 Å². The van der Waals surface area contributed by atoms with Gasteiger partial charge in [0.05, 0.1) is 11.1 Å². The highest BCUT2D eigenvalue weighted by atomic mass is 16.4. The summed E-state index contributed by atoms with van der Waals surface area (Å²) in [5.41, 5.74) is 1.10. The quantitative estimate of drug-likeness (QED) is 0.868. The van der Waals surface area contributed by atoms with Gasteiger partial charge in [-0.05, 0) is 31.9 Å². The van der Waals surface area contributed by atoms with Gasteiger partial charge in [-0.2, -0.15) is 0 Å². The van der Waals surface area contributed by atoms with Gasteiger partial charge in [-0.3, -0.25) is 0 Å². The molecular formula is C14H14N2O2. The number of hydrogen-bond donors (Lipinski definition) is 2. The van der Waals surface area contributed by atoms with Gasteiger partial charge in [0.15, 0.2) is 0 Å². The van der Waals surface area contributed by atoms with Crippen molar-refractivity contribution in [1.29, 1.82) is 0 Å². The van der Waals surface area contributed by atoms with Crippen LogP contribution in [0.3, 0.4) is 0 Å². The number of rotatable bonds is 3. The highest BCUT2D eigenvalue weighted by Crippen LogP contribution is 2.38. The second-order valence-electron chi connectivity index (χ2n) is 5.06. The molecule has 0 atom stereocenters. The molecule has 1 aromatic carbocycles. The van der Waals surface area contributed by atoms with E-state index >= 15 is 0 Å². The molecule has 2 aromatic rings. The van der Waals surface area contributed by atoms with Gasteiger partial charge in [-0.15, -0.1) is 0 Å². The van der Waals surface area contributed by atoms with Crippen LogP contribution in [0.2, 0.25) is 0 Å². The first-order valence-corrected chi connectivity index (χ1v) is 5.99. The predicted octanol–water partition coefficient (Wildman–Crippen LogP) is 2.90. The van der Waals surface area contributed by atoms with Crippen molar-refractivity contribution in [2.75, 3.05) is 5.32 Å². The number of aromatic nitrogens is 1. The monoisotopic (exact) mass is 242 g/mol. The van der Waals surface area contributed by atoms with Crippen LogP contribution in [0.1, 0.15) is 30.1 Å². The number of pyridine rings is 1. The molecule has 1 aliphatic carbocycles. The van der Waals surface area contributed by atoms with Crippen LogP contribution in [0.4, 0.5) is 5.82 Å². The molecule has 4 nitrogen and oxygen atoms in total. The number of aromatic carboxylic acids is 1. The number of nitrogens with one attached hydrogen (secondary N) is 1. The van der Waals surface area contributed by atoms with Crippen molar-refractivity contribution in [2.45, 2.75) is 25.3 Å².